The van der Waals surface area contributed by atoms with E-state index in [1.54, 1.807) is 6.08 Å². The highest BCUT2D eigenvalue weighted by atomic mass is 31.2. The number of nitrogens with one attached hydrogen (secondary N) is 1. The highest BCUT2D eigenvalue weighted by Gasteiger charge is 2.27. The molecule has 9 heteroatoms. The van der Waals surface area contributed by atoms with E-state index in [0.717, 1.165) is 51.4 Å². The molecule has 1 unspecified atom stereocenters. The van der Waals surface area contributed by atoms with Crippen LogP contribution in [0, 0.1) is 0 Å². The first kappa shape index (κ1) is 44.7. The van der Waals surface area contributed by atoms with Crippen molar-refractivity contribution in [2.24, 2.45) is 0 Å². The van der Waals surface area contributed by atoms with Gasteiger partial charge in [-0.1, -0.05) is 115 Å². The van der Waals surface area contributed by atoms with Gasteiger partial charge in [0.2, 0.25) is 5.91 Å². The van der Waals surface area contributed by atoms with Gasteiger partial charge in [-0.15, -0.1) is 0 Å². The van der Waals surface area contributed by atoms with Crippen molar-refractivity contribution < 1.29 is 32.9 Å². The van der Waals surface area contributed by atoms with Crippen LogP contribution in [0.5, 0.6) is 0 Å². The summed E-state index contributed by atoms with van der Waals surface area (Å²) in [6, 6.07) is -0.862. The molecular weight excluding hydrogens is 599 g/mol. The molecule has 1 amide bonds. The van der Waals surface area contributed by atoms with E-state index < -0.39 is 20.0 Å². The number of allylic oxidation sites excluding steroid dienone is 5. The normalized spacial score (nSPS) is 15.2. The lowest BCUT2D eigenvalue weighted by atomic mass is 10.1. The number of aliphatic hydroxyl groups is 1. The third-order valence-electron chi connectivity index (χ3n) is 7.83. The van der Waals surface area contributed by atoms with E-state index in [9.17, 15) is 19.4 Å². The van der Waals surface area contributed by atoms with E-state index in [2.05, 4.69) is 43.5 Å². The summed E-state index contributed by atoms with van der Waals surface area (Å²) in [7, 11) is 1.54. The van der Waals surface area contributed by atoms with E-state index in [1.165, 1.54) is 70.6 Å². The monoisotopic (exact) mass is 672 g/mol. The van der Waals surface area contributed by atoms with Crippen LogP contribution in [-0.4, -0.2) is 73.4 Å². The topological polar surface area (TPSA) is 105 Å². The maximum absolute atomic E-state index is 12.7. The van der Waals surface area contributed by atoms with Crippen molar-refractivity contribution in [3.8, 4) is 0 Å². The number of carbonyl (C=O) groups is 1. The first-order valence-corrected chi connectivity index (χ1v) is 19.9. The lowest BCUT2D eigenvalue weighted by Gasteiger charge is -2.25. The Kier molecular flexibility index (Phi) is 29.0. The number of nitrogens with zero attached hydrogens (tertiary/aromatic N) is 1. The Morgan fingerprint density at radius 1 is 0.717 bits per heavy atom. The molecule has 0 saturated carbocycles. The van der Waals surface area contributed by atoms with Gasteiger partial charge in [0.25, 0.3) is 0 Å². The zero-order chi connectivity index (χ0) is 34.4. The summed E-state index contributed by atoms with van der Waals surface area (Å²) in [5.41, 5.74) is 0. The van der Waals surface area contributed by atoms with E-state index >= 15 is 0 Å². The second-order valence-electron chi connectivity index (χ2n) is 13.6. The number of phosphoric acid groups is 1. The molecule has 0 aliphatic carbocycles. The highest BCUT2D eigenvalue weighted by molar-refractivity contribution is 7.47. The van der Waals surface area contributed by atoms with Crippen LogP contribution in [0.4, 0.5) is 0 Å². The van der Waals surface area contributed by atoms with Gasteiger partial charge in [0.15, 0.2) is 0 Å². The van der Waals surface area contributed by atoms with E-state index in [1.807, 2.05) is 27.2 Å². The Hall–Kier alpha value is -1.28. The Labute approximate surface area is 283 Å². The van der Waals surface area contributed by atoms with Gasteiger partial charge >= 0.3 is 7.82 Å². The molecule has 0 aromatic carbocycles. The van der Waals surface area contributed by atoms with Gasteiger partial charge in [0.1, 0.15) is 13.2 Å². The third-order valence-corrected chi connectivity index (χ3v) is 8.82. The minimum absolute atomic E-state index is 0.0539. The fourth-order valence-corrected chi connectivity index (χ4v) is 5.55. The maximum atomic E-state index is 12.7. The molecule has 0 aromatic heterocycles. The van der Waals surface area contributed by atoms with Crippen molar-refractivity contribution in [1.82, 2.24) is 5.32 Å². The van der Waals surface area contributed by atoms with Crippen LogP contribution in [0.3, 0.4) is 0 Å². The van der Waals surface area contributed by atoms with E-state index in [-0.39, 0.29) is 19.1 Å². The number of aliphatic hydroxyl groups excluding tert-OH is 1. The standard InChI is InChI=1S/C37H71N2O6P/c1-6-8-10-12-14-16-18-19-21-23-25-27-29-31-37(41)38-35(34-45-46(42,43)44-33-32-39(3,4)5)36(40)30-28-26-24-22-20-17-15-13-11-9-7-2/h16,18,20,22,28,30,35-36,40H,6-15,17,19,21,23-27,29,31-34H2,1-5H3,(H-,38,41,42,43)/p+1/b18-16+,22-20+,30-28+/t35-,36+/m0/s1. The third kappa shape index (κ3) is 31.3. The number of hydrogen-bond donors (Lipinski definition) is 3. The minimum Gasteiger partial charge on any atom is -0.387 e. The Morgan fingerprint density at radius 2 is 1.20 bits per heavy atom. The number of rotatable bonds is 32. The van der Waals surface area contributed by atoms with Crippen LogP contribution in [0.15, 0.2) is 36.5 Å². The van der Waals surface area contributed by atoms with Gasteiger partial charge in [-0.2, -0.15) is 0 Å². The maximum Gasteiger partial charge on any atom is 0.472 e. The van der Waals surface area contributed by atoms with Crippen LogP contribution >= 0.6 is 7.82 Å². The number of quaternary nitrogens is 1. The van der Waals surface area contributed by atoms with Crippen molar-refractivity contribution in [2.45, 2.75) is 154 Å². The molecule has 3 N–H and O–H groups in total. The Balaban J connectivity index is 4.63. The minimum atomic E-state index is -4.33. The summed E-state index contributed by atoms with van der Waals surface area (Å²) in [6.07, 6.45) is 33.5. The van der Waals surface area contributed by atoms with E-state index in [0.29, 0.717) is 17.4 Å². The molecule has 0 aliphatic heterocycles. The molecule has 0 heterocycles. The molecule has 3 atom stereocenters. The zero-order valence-electron chi connectivity index (χ0n) is 30.3. The number of amides is 1. The van der Waals surface area contributed by atoms with Gasteiger partial charge in [0.05, 0.1) is 39.9 Å². The largest absolute Gasteiger partial charge is 0.472 e. The molecule has 0 bridgehead atoms. The summed E-state index contributed by atoms with van der Waals surface area (Å²) in [5, 5.41) is 13.7. The average molecular weight is 672 g/mol. The molecule has 0 saturated heterocycles. The van der Waals surface area contributed by atoms with Gasteiger partial charge in [-0.3, -0.25) is 13.8 Å². The molecular formula is C37H72N2O6P+. The number of unbranched alkanes of at least 4 members (excludes halogenated alkanes) is 15. The fourth-order valence-electron chi connectivity index (χ4n) is 4.81. The molecule has 8 nitrogen and oxygen atoms in total. The number of hydrogen-bond acceptors (Lipinski definition) is 5. The summed E-state index contributed by atoms with van der Waals surface area (Å²) in [4.78, 5) is 22.9. The summed E-state index contributed by atoms with van der Waals surface area (Å²) in [6.45, 7) is 4.71. The molecule has 0 aliphatic rings. The van der Waals surface area contributed by atoms with Crippen LogP contribution < -0.4 is 5.32 Å². The number of carbonyl (C=O) groups excluding carboxylic acids is 1. The van der Waals surface area contributed by atoms with Crippen LogP contribution in [-0.2, 0) is 18.4 Å². The van der Waals surface area contributed by atoms with Crippen LogP contribution in [0.1, 0.15) is 142 Å². The fraction of sp³-hybridized carbons (Fsp3) is 0.811. The van der Waals surface area contributed by atoms with Crippen LogP contribution in [0.25, 0.3) is 0 Å². The first-order valence-electron chi connectivity index (χ1n) is 18.4. The quantitative estimate of drug-likeness (QED) is 0.0285. The Bertz CT molecular complexity index is 855. The van der Waals surface area contributed by atoms with Crippen molar-refractivity contribution in [3.05, 3.63) is 36.5 Å². The van der Waals surface area contributed by atoms with Crippen LogP contribution in [0.2, 0.25) is 0 Å². The van der Waals surface area contributed by atoms with Crippen molar-refractivity contribution in [2.75, 3.05) is 40.9 Å². The van der Waals surface area contributed by atoms with Gasteiger partial charge < -0.3 is 19.8 Å². The SMILES string of the molecule is CCCCCC/C=C/CCCCCCCC(=O)N[C@@H](COP(=O)(O)OCC[N+](C)(C)C)[C@H](O)/C=C/CC/C=C/CCCCCCC. The summed E-state index contributed by atoms with van der Waals surface area (Å²) in [5.74, 6) is -0.201. The molecule has 0 radical (unpaired) electrons. The number of phosphoric ester groups is 1. The van der Waals surface area contributed by atoms with E-state index in [4.69, 9.17) is 9.05 Å². The second-order valence-corrected chi connectivity index (χ2v) is 15.0. The molecule has 270 valence electrons. The molecule has 0 rings (SSSR count). The molecule has 46 heavy (non-hydrogen) atoms. The Morgan fingerprint density at radius 3 is 1.76 bits per heavy atom. The second kappa shape index (κ2) is 29.8. The van der Waals surface area contributed by atoms with Gasteiger partial charge in [-0.05, 0) is 57.8 Å². The predicted octanol–water partition coefficient (Wildman–Crippen LogP) is 9.18. The van der Waals surface area contributed by atoms with Crippen molar-refractivity contribution in [1.29, 1.82) is 0 Å². The predicted molar refractivity (Wildman–Crippen MR) is 194 cm³/mol. The number of likely N-dealkylation sites (N-methyl/N-ethyl adjacent to an activating group) is 1. The lowest BCUT2D eigenvalue weighted by molar-refractivity contribution is -0.870. The molecule has 0 spiro atoms. The van der Waals surface area contributed by atoms with Crippen molar-refractivity contribution >= 4 is 13.7 Å². The summed E-state index contributed by atoms with van der Waals surface area (Å²) < 4.78 is 23.4. The lowest BCUT2D eigenvalue weighted by Crippen LogP contribution is -2.45. The smallest absolute Gasteiger partial charge is 0.387 e. The first-order chi connectivity index (χ1) is 22.0. The zero-order valence-corrected chi connectivity index (χ0v) is 31.2. The molecule has 0 aromatic rings. The van der Waals surface area contributed by atoms with Gasteiger partial charge in [-0.25, -0.2) is 4.57 Å². The van der Waals surface area contributed by atoms with Gasteiger partial charge in [0, 0.05) is 6.42 Å². The molecule has 0 fully saturated rings. The average Bonchev–Trinajstić information content (AvgIpc) is 2.99. The highest BCUT2D eigenvalue weighted by Crippen LogP contribution is 2.43. The van der Waals surface area contributed by atoms with Crippen molar-refractivity contribution in [3.63, 3.8) is 0 Å². The summed E-state index contributed by atoms with van der Waals surface area (Å²) >= 11 is 0.